The molecule has 0 spiro atoms. The van der Waals surface area contributed by atoms with Crippen LogP contribution in [-0.2, 0) is 14.4 Å². The predicted octanol–water partition coefficient (Wildman–Crippen LogP) is 1.49. The number of hydrogen-bond donors (Lipinski definition) is 1. The van der Waals surface area contributed by atoms with Crippen molar-refractivity contribution in [2.24, 2.45) is 0 Å². The first-order valence-electron chi connectivity index (χ1n) is 5.70. The minimum absolute atomic E-state index is 0.129. The predicted molar refractivity (Wildman–Crippen MR) is 75.2 cm³/mol. The molecule has 1 aliphatic rings. The monoisotopic (exact) mass is 312 g/mol. The van der Waals surface area contributed by atoms with Crippen LogP contribution in [-0.4, -0.2) is 35.7 Å². The van der Waals surface area contributed by atoms with Gasteiger partial charge in [0.1, 0.15) is 13.1 Å². The van der Waals surface area contributed by atoms with E-state index in [0.29, 0.717) is 15.6 Å². The molecule has 1 heterocycles. The number of hydrogen-bond acceptors (Lipinski definition) is 3. The molecule has 7 heteroatoms. The Labute approximate surface area is 125 Å². The van der Waals surface area contributed by atoms with Crippen molar-refractivity contribution < 1.29 is 14.4 Å². The number of piperazine rings is 1. The van der Waals surface area contributed by atoms with Gasteiger partial charge in [0.05, 0.1) is 10.0 Å². The standard InChI is InChI=1S/C13H10Cl2N2O3/c14-9-3-1-8(5-10(9)15)2-4-13(20)17-6-11(18)16-12(19)7-17/h1-5H,6-7H2,(H,16,18,19). The van der Waals surface area contributed by atoms with Gasteiger partial charge < -0.3 is 4.90 Å². The van der Waals surface area contributed by atoms with Gasteiger partial charge in [-0.15, -0.1) is 0 Å². The summed E-state index contributed by atoms with van der Waals surface area (Å²) in [7, 11) is 0. The zero-order valence-electron chi connectivity index (χ0n) is 10.2. The van der Waals surface area contributed by atoms with Gasteiger partial charge in [0.15, 0.2) is 0 Å². The molecule has 0 atom stereocenters. The summed E-state index contributed by atoms with van der Waals surface area (Å²) in [5.41, 5.74) is 0.695. The second kappa shape index (κ2) is 6.07. The number of rotatable bonds is 2. The number of halogens is 2. The third kappa shape index (κ3) is 3.59. The maximum Gasteiger partial charge on any atom is 0.247 e. The van der Waals surface area contributed by atoms with E-state index in [9.17, 15) is 14.4 Å². The molecule has 1 fully saturated rings. The van der Waals surface area contributed by atoms with Crippen LogP contribution in [0.2, 0.25) is 10.0 Å². The Morgan fingerprint density at radius 2 is 1.80 bits per heavy atom. The van der Waals surface area contributed by atoms with Crippen LogP contribution in [0.4, 0.5) is 0 Å². The van der Waals surface area contributed by atoms with Gasteiger partial charge in [-0.25, -0.2) is 0 Å². The van der Waals surface area contributed by atoms with Crippen molar-refractivity contribution in [1.82, 2.24) is 10.2 Å². The lowest BCUT2D eigenvalue weighted by Gasteiger charge is -2.24. The fourth-order valence-electron chi connectivity index (χ4n) is 1.68. The molecule has 0 aromatic heterocycles. The zero-order chi connectivity index (χ0) is 14.7. The summed E-state index contributed by atoms with van der Waals surface area (Å²) in [4.78, 5) is 35.3. The number of amides is 3. The molecule has 1 saturated heterocycles. The van der Waals surface area contributed by atoms with Crippen molar-refractivity contribution in [2.75, 3.05) is 13.1 Å². The topological polar surface area (TPSA) is 66.5 Å². The molecular weight excluding hydrogens is 303 g/mol. The van der Waals surface area contributed by atoms with E-state index in [2.05, 4.69) is 5.32 Å². The molecule has 20 heavy (non-hydrogen) atoms. The SMILES string of the molecule is O=C1CN(C(=O)C=Cc2ccc(Cl)c(Cl)c2)CC(=O)N1. The highest BCUT2D eigenvalue weighted by atomic mass is 35.5. The Hall–Kier alpha value is -1.85. The molecular formula is C13H10Cl2N2O3. The van der Waals surface area contributed by atoms with Gasteiger partial charge in [-0.3, -0.25) is 19.7 Å². The number of benzene rings is 1. The average Bonchev–Trinajstić information content (AvgIpc) is 2.38. The van der Waals surface area contributed by atoms with Crippen molar-refractivity contribution in [2.45, 2.75) is 0 Å². The van der Waals surface area contributed by atoms with Crippen LogP contribution < -0.4 is 5.32 Å². The highest BCUT2D eigenvalue weighted by molar-refractivity contribution is 6.42. The van der Waals surface area contributed by atoms with Crippen molar-refractivity contribution in [3.05, 3.63) is 39.9 Å². The highest BCUT2D eigenvalue weighted by Gasteiger charge is 2.24. The number of nitrogens with one attached hydrogen (secondary N) is 1. The third-order valence-electron chi connectivity index (χ3n) is 2.62. The van der Waals surface area contributed by atoms with Crippen molar-refractivity contribution >= 4 is 47.0 Å². The van der Waals surface area contributed by atoms with E-state index in [4.69, 9.17) is 23.2 Å². The minimum atomic E-state index is -0.488. The summed E-state index contributed by atoms with van der Waals surface area (Å²) in [6, 6.07) is 4.93. The quantitative estimate of drug-likeness (QED) is 0.664. The second-order valence-electron chi connectivity index (χ2n) is 4.17. The maximum atomic E-state index is 11.9. The number of carbonyl (C=O) groups is 3. The van der Waals surface area contributed by atoms with Crippen LogP contribution in [0.1, 0.15) is 5.56 Å². The summed E-state index contributed by atoms with van der Waals surface area (Å²) in [5.74, 6) is -1.39. The summed E-state index contributed by atoms with van der Waals surface area (Å²) in [6.45, 7) is -0.257. The smallest absolute Gasteiger partial charge is 0.247 e. The van der Waals surface area contributed by atoms with Gasteiger partial charge in [-0.2, -0.15) is 0 Å². The van der Waals surface area contributed by atoms with Gasteiger partial charge in [0, 0.05) is 6.08 Å². The molecule has 1 aromatic rings. The van der Waals surface area contributed by atoms with E-state index in [0.717, 1.165) is 4.90 Å². The van der Waals surface area contributed by atoms with Gasteiger partial charge in [0.25, 0.3) is 0 Å². The van der Waals surface area contributed by atoms with Crippen LogP contribution in [0.15, 0.2) is 24.3 Å². The first-order valence-corrected chi connectivity index (χ1v) is 6.46. The average molecular weight is 313 g/mol. The zero-order valence-corrected chi connectivity index (χ0v) is 11.7. The molecule has 2 rings (SSSR count). The van der Waals surface area contributed by atoms with E-state index in [1.165, 1.54) is 6.08 Å². The van der Waals surface area contributed by atoms with Crippen molar-refractivity contribution in [3.8, 4) is 0 Å². The molecule has 0 aliphatic carbocycles. The summed E-state index contributed by atoms with van der Waals surface area (Å²) >= 11 is 11.6. The van der Waals surface area contributed by atoms with Gasteiger partial charge >= 0.3 is 0 Å². The summed E-state index contributed by atoms with van der Waals surface area (Å²) in [6.07, 6.45) is 2.83. The Kier molecular flexibility index (Phi) is 4.42. The molecule has 104 valence electrons. The van der Waals surface area contributed by atoms with E-state index in [1.54, 1.807) is 24.3 Å². The van der Waals surface area contributed by atoms with Crippen LogP contribution in [0, 0.1) is 0 Å². The Morgan fingerprint density at radius 3 is 2.40 bits per heavy atom. The fourth-order valence-corrected chi connectivity index (χ4v) is 1.99. The molecule has 0 saturated carbocycles. The summed E-state index contributed by atoms with van der Waals surface area (Å²) in [5, 5.41) is 2.93. The highest BCUT2D eigenvalue weighted by Crippen LogP contribution is 2.23. The molecule has 0 radical (unpaired) electrons. The fraction of sp³-hybridized carbons (Fsp3) is 0.154. The van der Waals surface area contributed by atoms with E-state index in [-0.39, 0.29) is 13.1 Å². The largest absolute Gasteiger partial charge is 0.321 e. The van der Waals surface area contributed by atoms with Crippen LogP contribution in [0.5, 0.6) is 0 Å². The van der Waals surface area contributed by atoms with E-state index >= 15 is 0 Å². The molecule has 1 N–H and O–H groups in total. The van der Waals surface area contributed by atoms with Gasteiger partial charge in [-0.1, -0.05) is 29.3 Å². The number of imide groups is 1. The Balaban J connectivity index is 2.06. The van der Waals surface area contributed by atoms with Crippen molar-refractivity contribution in [1.29, 1.82) is 0 Å². The first kappa shape index (κ1) is 14.6. The lowest BCUT2D eigenvalue weighted by Crippen LogP contribution is -2.52. The molecule has 0 unspecified atom stereocenters. The molecule has 3 amide bonds. The van der Waals surface area contributed by atoms with E-state index < -0.39 is 17.7 Å². The lowest BCUT2D eigenvalue weighted by molar-refractivity contribution is -0.143. The van der Waals surface area contributed by atoms with Crippen LogP contribution in [0.25, 0.3) is 6.08 Å². The minimum Gasteiger partial charge on any atom is -0.321 e. The van der Waals surface area contributed by atoms with Crippen LogP contribution >= 0.6 is 23.2 Å². The Bertz CT molecular complexity index is 598. The summed E-state index contributed by atoms with van der Waals surface area (Å²) < 4.78 is 0. The second-order valence-corrected chi connectivity index (χ2v) is 4.99. The first-order chi connectivity index (χ1) is 9.45. The number of carbonyl (C=O) groups excluding carboxylic acids is 3. The van der Waals surface area contributed by atoms with Crippen molar-refractivity contribution in [3.63, 3.8) is 0 Å². The maximum absolute atomic E-state index is 11.9. The molecule has 1 aromatic carbocycles. The third-order valence-corrected chi connectivity index (χ3v) is 3.36. The molecule has 1 aliphatic heterocycles. The van der Waals surface area contributed by atoms with Gasteiger partial charge in [0.2, 0.25) is 17.7 Å². The van der Waals surface area contributed by atoms with Crippen LogP contribution in [0.3, 0.4) is 0 Å². The van der Waals surface area contributed by atoms with Gasteiger partial charge in [-0.05, 0) is 23.8 Å². The Morgan fingerprint density at radius 1 is 1.15 bits per heavy atom. The molecule has 5 nitrogen and oxygen atoms in total. The lowest BCUT2D eigenvalue weighted by atomic mass is 10.2. The molecule has 0 bridgehead atoms. The number of nitrogens with zero attached hydrogens (tertiary/aromatic N) is 1. The van der Waals surface area contributed by atoms with E-state index in [1.807, 2.05) is 0 Å². The normalized spacial score (nSPS) is 15.6.